The number of rotatable bonds is 3. The Hall–Kier alpha value is -2.29. The molecule has 0 aliphatic rings. The highest BCUT2D eigenvalue weighted by Crippen LogP contribution is 2.26. The molecule has 86 valence electrons. The van der Waals surface area contributed by atoms with E-state index < -0.39 is 5.97 Å². The smallest absolute Gasteiger partial charge is 0.328 e. The van der Waals surface area contributed by atoms with Crippen LogP contribution in [-0.2, 0) is 4.79 Å². The van der Waals surface area contributed by atoms with Gasteiger partial charge in [0.15, 0.2) is 0 Å². The van der Waals surface area contributed by atoms with E-state index in [-0.39, 0.29) is 0 Å². The van der Waals surface area contributed by atoms with Gasteiger partial charge >= 0.3 is 5.97 Å². The fourth-order valence-electron chi connectivity index (χ4n) is 1.71. The molecular weight excluding hydrogens is 216 g/mol. The third kappa shape index (κ3) is 2.45. The second kappa shape index (κ2) is 4.70. The van der Waals surface area contributed by atoms with Gasteiger partial charge in [0.1, 0.15) is 5.75 Å². The lowest BCUT2D eigenvalue weighted by atomic mass is 10.1. The number of hydrogen-bond donors (Lipinski definition) is 1. The number of carboxylic acids is 1. The van der Waals surface area contributed by atoms with Crippen molar-refractivity contribution in [2.45, 2.75) is 0 Å². The van der Waals surface area contributed by atoms with Gasteiger partial charge in [-0.2, -0.15) is 0 Å². The minimum Gasteiger partial charge on any atom is -0.496 e. The zero-order chi connectivity index (χ0) is 12.3. The molecule has 0 saturated carbocycles. The van der Waals surface area contributed by atoms with Crippen LogP contribution in [0.1, 0.15) is 5.56 Å². The van der Waals surface area contributed by atoms with Crippen LogP contribution in [0.4, 0.5) is 0 Å². The van der Waals surface area contributed by atoms with E-state index in [0.717, 1.165) is 22.4 Å². The Bertz CT molecular complexity index is 585. The third-order valence-electron chi connectivity index (χ3n) is 2.50. The summed E-state index contributed by atoms with van der Waals surface area (Å²) < 4.78 is 5.24. The number of hydrogen-bond acceptors (Lipinski definition) is 2. The van der Waals surface area contributed by atoms with Gasteiger partial charge in [0, 0.05) is 11.6 Å². The monoisotopic (exact) mass is 228 g/mol. The summed E-state index contributed by atoms with van der Waals surface area (Å²) >= 11 is 0. The van der Waals surface area contributed by atoms with E-state index in [0.29, 0.717) is 5.75 Å². The summed E-state index contributed by atoms with van der Waals surface area (Å²) in [4.78, 5) is 10.5. The molecule has 17 heavy (non-hydrogen) atoms. The van der Waals surface area contributed by atoms with Crippen molar-refractivity contribution >= 4 is 22.8 Å². The summed E-state index contributed by atoms with van der Waals surface area (Å²) in [5.41, 5.74) is 0.758. The van der Waals surface area contributed by atoms with E-state index >= 15 is 0 Å². The molecule has 2 rings (SSSR count). The summed E-state index contributed by atoms with van der Waals surface area (Å²) in [6.45, 7) is 0. The Morgan fingerprint density at radius 1 is 1.24 bits per heavy atom. The van der Waals surface area contributed by atoms with E-state index in [4.69, 9.17) is 9.84 Å². The Kier molecular flexibility index (Phi) is 3.10. The zero-order valence-corrected chi connectivity index (χ0v) is 9.38. The predicted octanol–water partition coefficient (Wildman–Crippen LogP) is 2.95. The SMILES string of the molecule is COc1cc2ccccc2cc1/C=C/C(=O)O. The van der Waals surface area contributed by atoms with E-state index in [1.807, 2.05) is 36.4 Å². The minimum atomic E-state index is -0.972. The van der Waals surface area contributed by atoms with Crippen molar-refractivity contribution in [2.24, 2.45) is 0 Å². The van der Waals surface area contributed by atoms with Crippen LogP contribution in [0.2, 0.25) is 0 Å². The van der Waals surface area contributed by atoms with Gasteiger partial charge in [-0.15, -0.1) is 0 Å². The number of carboxylic acid groups (broad SMARTS) is 1. The molecule has 3 nitrogen and oxygen atoms in total. The summed E-state index contributed by atoms with van der Waals surface area (Å²) in [5.74, 6) is -0.304. The van der Waals surface area contributed by atoms with E-state index in [1.54, 1.807) is 7.11 Å². The molecule has 0 bridgehead atoms. The Labute approximate surface area is 99.0 Å². The fraction of sp³-hybridized carbons (Fsp3) is 0.0714. The third-order valence-corrected chi connectivity index (χ3v) is 2.50. The summed E-state index contributed by atoms with van der Waals surface area (Å²) in [6.07, 6.45) is 2.64. The second-order valence-electron chi connectivity index (χ2n) is 3.61. The number of methoxy groups -OCH3 is 1. The lowest BCUT2D eigenvalue weighted by Crippen LogP contribution is -1.90. The molecular formula is C14H12O3. The number of fused-ring (bicyclic) bond motifs is 1. The molecule has 0 radical (unpaired) electrons. The Morgan fingerprint density at radius 2 is 1.88 bits per heavy atom. The van der Waals surface area contributed by atoms with Crippen molar-refractivity contribution < 1.29 is 14.6 Å². The van der Waals surface area contributed by atoms with Crippen LogP contribution in [-0.4, -0.2) is 18.2 Å². The van der Waals surface area contributed by atoms with Crippen LogP contribution in [0.25, 0.3) is 16.8 Å². The van der Waals surface area contributed by atoms with E-state index in [9.17, 15) is 4.79 Å². The van der Waals surface area contributed by atoms with Crippen LogP contribution in [0.3, 0.4) is 0 Å². The quantitative estimate of drug-likeness (QED) is 0.821. The number of ether oxygens (including phenoxy) is 1. The number of benzene rings is 2. The van der Waals surface area contributed by atoms with Gasteiger partial charge in [-0.25, -0.2) is 4.79 Å². The molecule has 0 spiro atoms. The molecule has 0 aromatic heterocycles. The van der Waals surface area contributed by atoms with Gasteiger partial charge in [-0.1, -0.05) is 24.3 Å². The summed E-state index contributed by atoms with van der Waals surface area (Å²) in [7, 11) is 1.57. The van der Waals surface area contributed by atoms with Crippen LogP contribution >= 0.6 is 0 Å². The predicted molar refractivity (Wildman–Crippen MR) is 67.2 cm³/mol. The highest BCUT2D eigenvalue weighted by Gasteiger charge is 2.03. The molecule has 0 unspecified atom stereocenters. The number of aliphatic carboxylic acids is 1. The topological polar surface area (TPSA) is 46.5 Å². The molecule has 3 heteroatoms. The van der Waals surface area contributed by atoms with Crippen LogP contribution in [0.15, 0.2) is 42.5 Å². The van der Waals surface area contributed by atoms with Crippen molar-refractivity contribution in [3.63, 3.8) is 0 Å². The van der Waals surface area contributed by atoms with E-state index in [2.05, 4.69) is 0 Å². The molecule has 0 atom stereocenters. The maximum atomic E-state index is 10.5. The molecule has 0 aliphatic heterocycles. The maximum Gasteiger partial charge on any atom is 0.328 e. The molecule has 2 aromatic rings. The molecule has 0 aliphatic carbocycles. The average molecular weight is 228 g/mol. The van der Waals surface area contributed by atoms with Gasteiger partial charge in [0.25, 0.3) is 0 Å². The van der Waals surface area contributed by atoms with Gasteiger partial charge < -0.3 is 9.84 Å². The van der Waals surface area contributed by atoms with E-state index in [1.165, 1.54) is 6.08 Å². The van der Waals surface area contributed by atoms with Crippen LogP contribution in [0, 0.1) is 0 Å². The summed E-state index contributed by atoms with van der Waals surface area (Å²) in [5, 5.41) is 10.7. The van der Waals surface area contributed by atoms with Crippen LogP contribution in [0.5, 0.6) is 5.75 Å². The zero-order valence-electron chi connectivity index (χ0n) is 9.38. The molecule has 0 saturated heterocycles. The maximum absolute atomic E-state index is 10.5. The average Bonchev–Trinajstić information content (AvgIpc) is 2.35. The first kappa shape index (κ1) is 11.2. The second-order valence-corrected chi connectivity index (χ2v) is 3.61. The Balaban J connectivity index is 2.56. The lowest BCUT2D eigenvalue weighted by molar-refractivity contribution is -0.131. The Morgan fingerprint density at radius 3 is 2.47 bits per heavy atom. The first-order chi connectivity index (χ1) is 8.20. The standard InChI is InChI=1S/C14H12O3/c1-17-13-9-11-5-3-2-4-10(11)8-12(13)6-7-14(15)16/h2-9H,1H3,(H,15,16)/b7-6+. The first-order valence-corrected chi connectivity index (χ1v) is 5.18. The molecule has 0 heterocycles. The largest absolute Gasteiger partial charge is 0.496 e. The van der Waals surface area contributed by atoms with Crippen molar-refractivity contribution in [3.8, 4) is 5.75 Å². The van der Waals surface area contributed by atoms with Crippen molar-refractivity contribution in [3.05, 3.63) is 48.0 Å². The molecule has 2 aromatic carbocycles. The van der Waals surface area contributed by atoms with Crippen molar-refractivity contribution in [1.29, 1.82) is 0 Å². The molecule has 0 amide bonds. The van der Waals surface area contributed by atoms with Gasteiger partial charge in [-0.05, 0) is 29.0 Å². The highest BCUT2D eigenvalue weighted by atomic mass is 16.5. The van der Waals surface area contributed by atoms with Crippen molar-refractivity contribution in [2.75, 3.05) is 7.11 Å². The highest BCUT2D eigenvalue weighted by molar-refractivity contribution is 5.90. The molecule has 0 fully saturated rings. The first-order valence-electron chi connectivity index (χ1n) is 5.18. The molecule has 1 N–H and O–H groups in total. The summed E-state index contributed by atoms with van der Waals surface area (Å²) in [6, 6.07) is 11.7. The van der Waals surface area contributed by atoms with Crippen molar-refractivity contribution in [1.82, 2.24) is 0 Å². The normalized spacial score (nSPS) is 10.9. The number of carbonyl (C=O) groups is 1. The van der Waals surface area contributed by atoms with Gasteiger partial charge in [-0.3, -0.25) is 0 Å². The lowest BCUT2D eigenvalue weighted by Gasteiger charge is -2.07. The van der Waals surface area contributed by atoms with Crippen LogP contribution < -0.4 is 4.74 Å². The fourth-order valence-corrected chi connectivity index (χ4v) is 1.71. The minimum absolute atomic E-state index is 0.668. The van der Waals surface area contributed by atoms with Gasteiger partial charge in [0.05, 0.1) is 7.11 Å². The van der Waals surface area contributed by atoms with Gasteiger partial charge in [0.2, 0.25) is 0 Å².